The van der Waals surface area contributed by atoms with Crippen molar-refractivity contribution >= 4 is 11.8 Å². The first kappa shape index (κ1) is 8.62. The van der Waals surface area contributed by atoms with Crippen LogP contribution < -0.4 is 4.84 Å². The molecule has 0 aliphatic rings. The van der Waals surface area contributed by atoms with E-state index in [0.717, 1.165) is 5.76 Å². The smallest absolute Gasteiger partial charge is 0.119 e. The Morgan fingerprint density at radius 1 is 1.64 bits per heavy atom. The minimum absolute atomic E-state index is 0.517. The summed E-state index contributed by atoms with van der Waals surface area (Å²) in [6.45, 7) is 4.83. The van der Waals surface area contributed by atoms with E-state index < -0.39 is 0 Å². The Morgan fingerprint density at radius 2 is 2.36 bits per heavy atom. The van der Waals surface area contributed by atoms with Crippen LogP contribution in [0.1, 0.15) is 31.1 Å². The molecule has 1 aromatic rings. The lowest BCUT2D eigenvalue weighted by molar-refractivity contribution is 0.503. The summed E-state index contributed by atoms with van der Waals surface area (Å²) in [7, 11) is 0. The highest BCUT2D eigenvalue weighted by Crippen LogP contribution is 2.17. The van der Waals surface area contributed by atoms with Crippen molar-refractivity contribution in [2.45, 2.75) is 26.3 Å². The van der Waals surface area contributed by atoms with Gasteiger partial charge in [-0.15, -0.1) is 0 Å². The molecule has 0 fully saturated rings. The zero-order valence-corrected chi connectivity index (χ0v) is 7.48. The van der Waals surface area contributed by atoms with Gasteiger partial charge in [-0.2, -0.15) is 0 Å². The van der Waals surface area contributed by atoms with Crippen LogP contribution in [-0.2, 0) is 6.54 Å². The molecular formula is C8H12ClNO. The summed E-state index contributed by atoms with van der Waals surface area (Å²) in [6, 6.07) is 2.01. The third kappa shape index (κ3) is 2.24. The van der Waals surface area contributed by atoms with Crippen molar-refractivity contribution in [1.82, 2.24) is 4.84 Å². The molecule has 0 radical (unpaired) electrons. The Balaban J connectivity index is 2.66. The third-order valence-corrected chi connectivity index (χ3v) is 1.72. The maximum Gasteiger partial charge on any atom is 0.119 e. The lowest BCUT2D eigenvalue weighted by Gasteiger charge is -1.95. The minimum Gasteiger partial charge on any atom is -0.468 e. The van der Waals surface area contributed by atoms with Crippen molar-refractivity contribution < 1.29 is 4.42 Å². The first-order valence-electron chi connectivity index (χ1n) is 3.65. The topological polar surface area (TPSA) is 25.2 Å². The minimum atomic E-state index is 0.517. The third-order valence-electron chi connectivity index (χ3n) is 1.58. The molecule has 62 valence electrons. The van der Waals surface area contributed by atoms with Crippen molar-refractivity contribution in [3.8, 4) is 0 Å². The van der Waals surface area contributed by atoms with Crippen LogP contribution in [-0.4, -0.2) is 0 Å². The van der Waals surface area contributed by atoms with Gasteiger partial charge in [0.2, 0.25) is 0 Å². The average Bonchev–Trinajstić information content (AvgIpc) is 2.37. The van der Waals surface area contributed by atoms with Crippen LogP contribution in [0.15, 0.2) is 16.7 Å². The number of furan rings is 1. The molecule has 0 aliphatic carbocycles. The molecule has 0 bridgehead atoms. The highest BCUT2D eigenvalue weighted by atomic mass is 35.5. The van der Waals surface area contributed by atoms with Gasteiger partial charge in [0.15, 0.2) is 0 Å². The predicted octanol–water partition coefficient (Wildman–Crippen LogP) is 2.65. The van der Waals surface area contributed by atoms with Crippen LogP contribution in [0.25, 0.3) is 0 Å². The SMILES string of the molecule is CC(C)c1coc(CNCl)c1. The Bertz CT molecular complexity index is 220. The van der Waals surface area contributed by atoms with E-state index >= 15 is 0 Å². The standard InChI is InChI=1S/C8H12ClNO/c1-6(2)7-3-8(4-10-9)11-5-7/h3,5-6,10H,4H2,1-2H3. The molecule has 0 spiro atoms. The zero-order valence-electron chi connectivity index (χ0n) is 6.73. The molecule has 0 saturated heterocycles. The van der Waals surface area contributed by atoms with E-state index in [0.29, 0.717) is 12.5 Å². The largest absolute Gasteiger partial charge is 0.468 e. The average molecular weight is 174 g/mol. The van der Waals surface area contributed by atoms with Crippen LogP contribution in [0.3, 0.4) is 0 Å². The van der Waals surface area contributed by atoms with Gasteiger partial charge in [0.05, 0.1) is 12.8 Å². The molecule has 1 heterocycles. The van der Waals surface area contributed by atoms with E-state index in [2.05, 4.69) is 18.7 Å². The second-order valence-electron chi connectivity index (χ2n) is 2.81. The number of hydrogen-bond donors (Lipinski definition) is 1. The summed E-state index contributed by atoms with van der Waals surface area (Å²) in [4.78, 5) is 2.51. The fourth-order valence-corrected chi connectivity index (χ4v) is 0.991. The van der Waals surface area contributed by atoms with Crippen molar-refractivity contribution in [2.75, 3.05) is 0 Å². The number of hydrogen-bond acceptors (Lipinski definition) is 2. The van der Waals surface area contributed by atoms with Crippen LogP contribution >= 0.6 is 11.8 Å². The van der Waals surface area contributed by atoms with Crippen LogP contribution in [0.4, 0.5) is 0 Å². The summed E-state index contributed by atoms with van der Waals surface area (Å²) in [5.74, 6) is 1.39. The second-order valence-corrected chi connectivity index (χ2v) is 3.08. The molecule has 1 N–H and O–H groups in total. The molecule has 1 rings (SSSR count). The first-order valence-corrected chi connectivity index (χ1v) is 4.02. The molecule has 0 atom stereocenters. The van der Waals surface area contributed by atoms with Gasteiger partial charge >= 0.3 is 0 Å². The van der Waals surface area contributed by atoms with Crippen molar-refractivity contribution in [3.63, 3.8) is 0 Å². The zero-order chi connectivity index (χ0) is 8.27. The van der Waals surface area contributed by atoms with Gasteiger partial charge in [-0.1, -0.05) is 13.8 Å². The summed E-state index contributed by atoms with van der Waals surface area (Å²) < 4.78 is 5.22. The van der Waals surface area contributed by atoms with Gasteiger partial charge in [0.1, 0.15) is 5.76 Å². The lowest BCUT2D eigenvalue weighted by Crippen LogP contribution is -1.95. The Labute approximate surface area is 71.7 Å². The Kier molecular flexibility index (Phi) is 2.97. The number of nitrogens with one attached hydrogen (secondary N) is 1. The molecule has 11 heavy (non-hydrogen) atoms. The molecule has 3 heteroatoms. The maximum absolute atomic E-state index is 5.31. The van der Waals surface area contributed by atoms with Crippen LogP contribution in [0.5, 0.6) is 0 Å². The molecule has 0 aromatic carbocycles. The van der Waals surface area contributed by atoms with Crippen molar-refractivity contribution in [3.05, 3.63) is 23.7 Å². The summed E-state index contributed by atoms with van der Waals surface area (Å²) in [5, 5.41) is 0. The molecule has 0 amide bonds. The molecule has 2 nitrogen and oxygen atoms in total. The van der Waals surface area contributed by atoms with E-state index in [9.17, 15) is 0 Å². The lowest BCUT2D eigenvalue weighted by atomic mass is 10.1. The monoisotopic (exact) mass is 173 g/mol. The molecule has 0 unspecified atom stereocenters. The van der Waals surface area contributed by atoms with Crippen molar-refractivity contribution in [2.24, 2.45) is 0 Å². The summed E-state index contributed by atoms with van der Waals surface area (Å²) >= 11 is 5.31. The highest BCUT2D eigenvalue weighted by Gasteiger charge is 2.03. The van der Waals surface area contributed by atoms with E-state index in [-0.39, 0.29) is 0 Å². The van der Waals surface area contributed by atoms with E-state index in [1.54, 1.807) is 6.26 Å². The maximum atomic E-state index is 5.31. The normalized spacial score (nSPS) is 10.9. The molecular weight excluding hydrogens is 162 g/mol. The fraction of sp³-hybridized carbons (Fsp3) is 0.500. The second kappa shape index (κ2) is 3.79. The summed E-state index contributed by atoms with van der Waals surface area (Å²) in [6.07, 6.45) is 1.77. The van der Waals surface area contributed by atoms with Gasteiger partial charge in [-0.05, 0) is 29.3 Å². The predicted molar refractivity (Wildman–Crippen MR) is 45.5 cm³/mol. The van der Waals surface area contributed by atoms with Gasteiger partial charge in [-0.25, -0.2) is 4.84 Å². The fourth-order valence-electron chi connectivity index (χ4n) is 0.859. The molecule has 0 aliphatic heterocycles. The van der Waals surface area contributed by atoms with Gasteiger partial charge < -0.3 is 4.42 Å². The Hall–Kier alpha value is -0.470. The first-order chi connectivity index (χ1) is 5.24. The van der Waals surface area contributed by atoms with Crippen LogP contribution in [0.2, 0.25) is 0 Å². The van der Waals surface area contributed by atoms with Crippen molar-refractivity contribution in [1.29, 1.82) is 0 Å². The van der Waals surface area contributed by atoms with Gasteiger partial charge in [0.25, 0.3) is 0 Å². The van der Waals surface area contributed by atoms with Gasteiger partial charge in [0, 0.05) is 0 Å². The van der Waals surface area contributed by atoms with E-state index in [1.807, 2.05) is 6.07 Å². The van der Waals surface area contributed by atoms with E-state index in [1.165, 1.54) is 5.56 Å². The summed E-state index contributed by atoms with van der Waals surface area (Å²) in [5.41, 5.74) is 1.21. The quantitative estimate of drug-likeness (QED) is 0.711. The molecule has 0 saturated carbocycles. The van der Waals surface area contributed by atoms with E-state index in [4.69, 9.17) is 16.2 Å². The van der Waals surface area contributed by atoms with Gasteiger partial charge in [-0.3, -0.25) is 0 Å². The number of halogens is 1. The van der Waals surface area contributed by atoms with Crippen LogP contribution in [0, 0.1) is 0 Å². The number of rotatable bonds is 3. The Morgan fingerprint density at radius 3 is 2.82 bits per heavy atom. The molecule has 1 aromatic heterocycles. The highest BCUT2D eigenvalue weighted by molar-refractivity contribution is 6.13.